The molecular formula is C13H18N4O4S. The number of nitrogens with zero attached hydrogens (tertiary/aromatic N) is 4. The van der Waals surface area contributed by atoms with Crippen molar-refractivity contribution in [3.63, 3.8) is 0 Å². The first-order valence-electron chi connectivity index (χ1n) is 7.05. The van der Waals surface area contributed by atoms with Crippen LogP contribution >= 0.6 is 11.7 Å². The summed E-state index contributed by atoms with van der Waals surface area (Å²) in [5.41, 5.74) is 0.331. The highest BCUT2D eigenvalue weighted by molar-refractivity contribution is 6.99. The Morgan fingerprint density at radius 2 is 2.18 bits per heavy atom. The molecule has 1 N–H and O–H groups in total. The molecule has 2 amide bonds. The average Bonchev–Trinajstić information content (AvgIpc) is 2.89. The molecule has 8 nitrogen and oxygen atoms in total. The number of rotatable bonds is 4. The van der Waals surface area contributed by atoms with Crippen LogP contribution in [0.1, 0.15) is 36.7 Å². The maximum atomic E-state index is 12.3. The van der Waals surface area contributed by atoms with Gasteiger partial charge in [0.25, 0.3) is 5.91 Å². The third-order valence-corrected chi connectivity index (χ3v) is 4.19. The van der Waals surface area contributed by atoms with Gasteiger partial charge in [0.1, 0.15) is 6.54 Å². The van der Waals surface area contributed by atoms with Crippen molar-refractivity contribution in [3.05, 3.63) is 11.9 Å². The molecule has 0 spiro atoms. The highest BCUT2D eigenvalue weighted by Crippen LogP contribution is 2.18. The molecule has 1 aliphatic rings. The normalized spacial score (nSPS) is 18.6. The van der Waals surface area contributed by atoms with E-state index in [-0.39, 0.29) is 24.4 Å². The average molecular weight is 326 g/mol. The van der Waals surface area contributed by atoms with E-state index in [2.05, 4.69) is 8.75 Å². The first-order chi connectivity index (χ1) is 10.5. The number of hydrogen-bond donors (Lipinski definition) is 1. The van der Waals surface area contributed by atoms with Crippen LogP contribution in [0.3, 0.4) is 0 Å². The fraction of sp³-hybridized carbons (Fsp3) is 0.615. The second-order valence-electron chi connectivity index (χ2n) is 5.21. The van der Waals surface area contributed by atoms with Gasteiger partial charge >= 0.3 is 5.97 Å². The monoisotopic (exact) mass is 326 g/mol. The molecule has 0 aromatic carbocycles. The van der Waals surface area contributed by atoms with Crippen LogP contribution < -0.4 is 0 Å². The Kier molecular flexibility index (Phi) is 5.42. The number of carbonyl (C=O) groups is 3. The van der Waals surface area contributed by atoms with Gasteiger partial charge in [0.15, 0.2) is 5.69 Å². The van der Waals surface area contributed by atoms with E-state index >= 15 is 0 Å². The lowest BCUT2D eigenvalue weighted by Crippen LogP contribution is -2.43. The third-order valence-electron chi connectivity index (χ3n) is 3.72. The van der Waals surface area contributed by atoms with E-state index in [4.69, 9.17) is 5.11 Å². The maximum Gasteiger partial charge on any atom is 0.323 e. The molecule has 9 heteroatoms. The predicted octanol–water partition coefficient (Wildman–Crippen LogP) is 0.466. The topological polar surface area (TPSA) is 104 Å². The van der Waals surface area contributed by atoms with Crippen molar-refractivity contribution in [1.82, 2.24) is 18.5 Å². The van der Waals surface area contributed by atoms with Gasteiger partial charge in [-0.1, -0.05) is 0 Å². The standard InChI is InChI=1S/C13H18N4O4S/c1-9(18)17(8-12(19)20)10-3-2-5-16(6-4-10)13(21)11-7-14-22-15-11/h7,10H,2-6,8H2,1H3,(H,19,20). The number of aliphatic carboxylic acids is 1. The molecule has 1 aromatic heterocycles. The van der Waals surface area contributed by atoms with E-state index < -0.39 is 5.97 Å². The van der Waals surface area contributed by atoms with E-state index in [9.17, 15) is 14.4 Å². The Balaban J connectivity index is 2.01. The molecule has 22 heavy (non-hydrogen) atoms. The van der Waals surface area contributed by atoms with Crippen LogP contribution in [0.4, 0.5) is 0 Å². The number of likely N-dealkylation sites (tertiary alicyclic amines) is 1. The SMILES string of the molecule is CC(=O)N(CC(=O)O)C1CCCN(C(=O)c2cnsn2)CC1. The van der Waals surface area contributed by atoms with Crippen LogP contribution in [-0.4, -0.2) is 67.1 Å². The fourth-order valence-electron chi connectivity index (χ4n) is 2.66. The van der Waals surface area contributed by atoms with Gasteiger partial charge in [-0.15, -0.1) is 0 Å². The van der Waals surface area contributed by atoms with Gasteiger partial charge < -0.3 is 14.9 Å². The summed E-state index contributed by atoms with van der Waals surface area (Å²) >= 11 is 0.988. The molecule has 120 valence electrons. The highest BCUT2D eigenvalue weighted by Gasteiger charge is 2.28. The smallest absolute Gasteiger partial charge is 0.323 e. The molecule has 1 saturated heterocycles. The zero-order valence-electron chi connectivity index (χ0n) is 12.3. The zero-order valence-corrected chi connectivity index (χ0v) is 13.1. The molecule has 0 bridgehead atoms. The molecular weight excluding hydrogens is 308 g/mol. The molecule has 0 radical (unpaired) electrons. The molecule has 2 heterocycles. The number of carbonyl (C=O) groups excluding carboxylic acids is 2. The molecule has 1 aliphatic heterocycles. The summed E-state index contributed by atoms with van der Waals surface area (Å²) in [6, 6.07) is -0.153. The first kappa shape index (κ1) is 16.3. The zero-order chi connectivity index (χ0) is 16.1. The molecule has 2 rings (SSSR count). The van der Waals surface area contributed by atoms with Crippen LogP contribution in [0.2, 0.25) is 0 Å². The molecule has 1 fully saturated rings. The lowest BCUT2D eigenvalue weighted by Gasteiger charge is -2.28. The van der Waals surface area contributed by atoms with Crippen molar-refractivity contribution >= 4 is 29.5 Å². The largest absolute Gasteiger partial charge is 0.480 e. The Hall–Kier alpha value is -2.03. The summed E-state index contributed by atoms with van der Waals surface area (Å²) < 4.78 is 7.77. The summed E-state index contributed by atoms with van der Waals surface area (Å²) in [6.45, 7) is 2.12. The van der Waals surface area contributed by atoms with E-state index in [1.165, 1.54) is 18.0 Å². The van der Waals surface area contributed by atoms with E-state index in [0.717, 1.165) is 18.1 Å². The van der Waals surface area contributed by atoms with Crippen molar-refractivity contribution in [2.75, 3.05) is 19.6 Å². The van der Waals surface area contributed by atoms with Crippen molar-refractivity contribution in [2.24, 2.45) is 0 Å². The fourth-order valence-corrected chi connectivity index (χ4v) is 3.07. The van der Waals surface area contributed by atoms with Gasteiger partial charge in [-0.25, -0.2) is 0 Å². The van der Waals surface area contributed by atoms with Gasteiger partial charge in [-0.05, 0) is 19.3 Å². The summed E-state index contributed by atoms with van der Waals surface area (Å²) in [5, 5.41) is 8.93. The minimum absolute atomic E-state index is 0.153. The van der Waals surface area contributed by atoms with Crippen LogP contribution in [0.25, 0.3) is 0 Å². The van der Waals surface area contributed by atoms with Gasteiger partial charge in [-0.3, -0.25) is 14.4 Å². The Labute approximate surface area is 132 Å². The number of amides is 2. The quantitative estimate of drug-likeness (QED) is 0.862. The van der Waals surface area contributed by atoms with Gasteiger partial charge in [-0.2, -0.15) is 8.75 Å². The van der Waals surface area contributed by atoms with Crippen molar-refractivity contribution in [1.29, 1.82) is 0 Å². The Bertz CT molecular complexity index is 548. The minimum Gasteiger partial charge on any atom is -0.480 e. The summed E-state index contributed by atoms with van der Waals surface area (Å²) in [7, 11) is 0. The Morgan fingerprint density at radius 1 is 1.41 bits per heavy atom. The summed E-state index contributed by atoms with van der Waals surface area (Å²) in [6.07, 6.45) is 3.42. The number of hydrogen-bond acceptors (Lipinski definition) is 6. The van der Waals surface area contributed by atoms with Crippen LogP contribution in [0.5, 0.6) is 0 Å². The predicted molar refractivity (Wildman–Crippen MR) is 78.5 cm³/mol. The molecule has 0 aliphatic carbocycles. The van der Waals surface area contributed by atoms with Gasteiger partial charge in [0.05, 0.1) is 17.9 Å². The second kappa shape index (κ2) is 7.30. The highest BCUT2D eigenvalue weighted by atomic mass is 32.1. The number of aromatic nitrogens is 2. The molecule has 1 unspecified atom stereocenters. The molecule has 1 aromatic rings. The lowest BCUT2D eigenvalue weighted by molar-refractivity contribution is -0.145. The number of carboxylic acid groups (broad SMARTS) is 1. The van der Waals surface area contributed by atoms with Crippen LogP contribution in [-0.2, 0) is 9.59 Å². The van der Waals surface area contributed by atoms with Gasteiger partial charge in [0.2, 0.25) is 5.91 Å². The first-order valence-corrected chi connectivity index (χ1v) is 7.78. The molecule has 0 saturated carbocycles. The number of carboxylic acids is 1. The van der Waals surface area contributed by atoms with Crippen molar-refractivity contribution in [3.8, 4) is 0 Å². The summed E-state index contributed by atoms with van der Waals surface area (Å²) in [4.78, 5) is 37.9. The summed E-state index contributed by atoms with van der Waals surface area (Å²) in [5.74, 6) is -1.45. The minimum atomic E-state index is -1.03. The van der Waals surface area contributed by atoms with Crippen LogP contribution in [0.15, 0.2) is 6.20 Å². The van der Waals surface area contributed by atoms with Gasteiger partial charge in [0, 0.05) is 26.1 Å². The molecule has 1 atom stereocenters. The van der Waals surface area contributed by atoms with E-state index in [0.29, 0.717) is 31.6 Å². The third kappa shape index (κ3) is 4.00. The van der Waals surface area contributed by atoms with Crippen molar-refractivity contribution in [2.45, 2.75) is 32.2 Å². The Morgan fingerprint density at radius 3 is 2.77 bits per heavy atom. The second-order valence-corrected chi connectivity index (χ2v) is 5.77. The van der Waals surface area contributed by atoms with E-state index in [1.54, 1.807) is 4.90 Å². The maximum absolute atomic E-state index is 12.3. The van der Waals surface area contributed by atoms with E-state index in [1.807, 2.05) is 0 Å². The lowest BCUT2D eigenvalue weighted by atomic mass is 10.1. The van der Waals surface area contributed by atoms with Crippen LogP contribution in [0, 0.1) is 0 Å². The van der Waals surface area contributed by atoms with Crippen molar-refractivity contribution < 1.29 is 19.5 Å².